The molecular weight excluding hydrogens is 274 g/mol. The number of nitro groups is 1. The lowest BCUT2D eigenvalue weighted by atomic mass is 10.0. The molecule has 6 nitrogen and oxygen atoms in total. The minimum atomic E-state index is -1.24. The maximum Gasteiger partial charge on any atom is 0.336 e. The van der Waals surface area contributed by atoms with Crippen LogP contribution in [0, 0.1) is 10.1 Å². The minimum absolute atomic E-state index is 0.0813. The van der Waals surface area contributed by atoms with Crippen molar-refractivity contribution in [1.29, 1.82) is 0 Å². The fraction of sp³-hybridized carbons (Fsp3) is 0. The Hall–Kier alpha value is -3.15. The predicted molar refractivity (Wildman–Crippen MR) is 76.7 cm³/mol. The fourth-order valence-corrected chi connectivity index (χ4v) is 1.87. The third-order valence-corrected chi connectivity index (χ3v) is 2.82. The first-order chi connectivity index (χ1) is 9.99. The number of para-hydroxylation sites is 1. The summed E-state index contributed by atoms with van der Waals surface area (Å²) in [6, 6.07) is 11.6. The molecular formula is C15H11NO5. The lowest BCUT2D eigenvalue weighted by Gasteiger charge is -2.04. The van der Waals surface area contributed by atoms with Gasteiger partial charge in [-0.05, 0) is 29.8 Å². The van der Waals surface area contributed by atoms with E-state index in [1.54, 1.807) is 6.07 Å². The molecule has 0 unspecified atom stereocenters. The zero-order chi connectivity index (χ0) is 15.4. The van der Waals surface area contributed by atoms with Gasteiger partial charge < -0.3 is 10.2 Å². The second-order valence-corrected chi connectivity index (χ2v) is 4.23. The molecule has 0 spiro atoms. The number of carboxylic acid groups (broad SMARTS) is 1. The van der Waals surface area contributed by atoms with E-state index in [2.05, 4.69) is 0 Å². The summed E-state index contributed by atoms with van der Waals surface area (Å²) in [5, 5.41) is 29.7. The van der Waals surface area contributed by atoms with Crippen molar-refractivity contribution in [2.45, 2.75) is 0 Å². The van der Waals surface area contributed by atoms with Gasteiger partial charge in [-0.2, -0.15) is 0 Å². The summed E-state index contributed by atoms with van der Waals surface area (Å²) in [7, 11) is 0. The van der Waals surface area contributed by atoms with Gasteiger partial charge in [-0.15, -0.1) is 0 Å². The van der Waals surface area contributed by atoms with Crippen LogP contribution in [0.4, 0.5) is 5.69 Å². The number of rotatable bonds is 4. The number of carbonyl (C=O) groups is 1. The topological polar surface area (TPSA) is 101 Å². The third-order valence-electron chi connectivity index (χ3n) is 2.82. The second-order valence-electron chi connectivity index (χ2n) is 4.23. The van der Waals surface area contributed by atoms with Crippen LogP contribution in [-0.4, -0.2) is 21.1 Å². The van der Waals surface area contributed by atoms with Crippen LogP contribution in [0.1, 0.15) is 11.1 Å². The molecule has 0 aliphatic carbocycles. The van der Waals surface area contributed by atoms with Gasteiger partial charge in [-0.25, -0.2) is 4.79 Å². The Morgan fingerprint density at radius 2 is 1.86 bits per heavy atom. The molecule has 106 valence electrons. The van der Waals surface area contributed by atoms with Gasteiger partial charge in [-0.1, -0.05) is 24.3 Å². The van der Waals surface area contributed by atoms with Gasteiger partial charge in [0.15, 0.2) is 0 Å². The molecule has 0 radical (unpaired) electrons. The monoisotopic (exact) mass is 285 g/mol. The van der Waals surface area contributed by atoms with Gasteiger partial charge in [0.05, 0.1) is 16.1 Å². The average molecular weight is 285 g/mol. The van der Waals surface area contributed by atoms with Crippen LogP contribution in [0.2, 0.25) is 0 Å². The van der Waals surface area contributed by atoms with Crippen LogP contribution in [0.5, 0.6) is 5.75 Å². The molecule has 0 aliphatic heterocycles. The zero-order valence-corrected chi connectivity index (χ0v) is 10.8. The largest absolute Gasteiger partial charge is 0.508 e. The molecule has 2 rings (SSSR count). The van der Waals surface area contributed by atoms with Gasteiger partial charge in [0.2, 0.25) is 0 Å². The Morgan fingerprint density at radius 1 is 1.14 bits per heavy atom. The van der Waals surface area contributed by atoms with Gasteiger partial charge in [-0.3, -0.25) is 10.1 Å². The molecule has 0 atom stereocenters. The Bertz CT molecular complexity index is 736. The summed E-state index contributed by atoms with van der Waals surface area (Å²) >= 11 is 0. The van der Waals surface area contributed by atoms with Crippen molar-refractivity contribution in [1.82, 2.24) is 0 Å². The predicted octanol–water partition coefficient (Wildman–Crippen LogP) is 2.93. The van der Waals surface area contributed by atoms with Gasteiger partial charge in [0.25, 0.3) is 5.69 Å². The molecule has 0 saturated carbocycles. The number of aliphatic carboxylic acids is 1. The van der Waals surface area contributed by atoms with E-state index in [4.69, 9.17) is 0 Å². The van der Waals surface area contributed by atoms with E-state index < -0.39 is 10.9 Å². The van der Waals surface area contributed by atoms with Crippen molar-refractivity contribution in [3.8, 4) is 5.75 Å². The van der Waals surface area contributed by atoms with E-state index in [1.807, 2.05) is 0 Å². The highest BCUT2D eigenvalue weighted by Crippen LogP contribution is 2.26. The number of benzene rings is 2. The quantitative estimate of drug-likeness (QED) is 0.389. The maximum atomic E-state index is 11.4. The lowest BCUT2D eigenvalue weighted by molar-refractivity contribution is -0.385. The number of carboxylic acids is 1. The number of aromatic hydroxyl groups is 1. The van der Waals surface area contributed by atoms with Crippen LogP contribution in [0.15, 0.2) is 48.5 Å². The van der Waals surface area contributed by atoms with Crippen LogP contribution >= 0.6 is 0 Å². The Balaban J connectivity index is 2.59. The molecule has 6 heteroatoms. The van der Waals surface area contributed by atoms with Crippen molar-refractivity contribution < 1.29 is 19.9 Å². The maximum absolute atomic E-state index is 11.4. The lowest BCUT2D eigenvalue weighted by Crippen LogP contribution is -2.00. The SMILES string of the molecule is O=C(O)/C(=C\c1ccccc1[N+](=O)[O-])c1cccc(O)c1. The highest BCUT2D eigenvalue weighted by molar-refractivity contribution is 6.21. The van der Waals surface area contributed by atoms with E-state index in [-0.39, 0.29) is 28.1 Å². The van der Waals surface area contributed by atoms with Gasteiger partial charge >= 0.3 is 5.97 Å². The molecule has 0 aromatic heterocycles. The molecule has 0 saturated heterocycles. The second kappa shape index (κ2) is 5.87. The summed E-state index contributed by atoms with van der Waals surface area (Å²) < 4.78 is 0. The summed E-state index contributed by atoms with van der Waals surface area (Å²) in [5.41, 5.74) is 0.125. The van der Waals surface area contributed by atoms with Crippen molar-refractivity contribution >= 4 is 23.3 Å². The highest BCUT2D eigenvalue weighted by atomic mass is 16.6. The van der Waals surface area contributed by atoms with Crippen molar-refractivity contribution in [3.05, 3.63) is 69.8 Å². The van der Waals surface area contributed by atoms with E-state index in [0.717, 1.165) is 0 Å². The minimum Gasteiger partial charge on any atom is -0.508 e. The number of phenols is 1. The van der Waals surface area contributed by atoms with Crippen molar-refractivity contribution in [3.63, 3.8) is 0 Å². The number of hydrogen-bond donors (Lipinski definition) is 2. The third kappa shape index (κ3) is 3.24. The normalized spacial score (nSPS) is 11.1. The fourth-order valence-electron chi connectivity index (χ4n) is 1.87. The van der Waals surface area contributed by atoms with Gasteiger partial charge in [0.1, 0.15) is 5.75 Å². The molecule has 0 fully saturated rings. The Morgan fingerprint density at radius 3 is 2.48 bits per heavy atom. The average Bonchev–Trinajstić information content (AvgIpc) is 2.44. The summed E-state index contributed by atoms with van der Waals surface area (Å²) in [6.45, 7) is 0. The molecule has 21 heavy (non-hydrogen) atoms. The smallest absolute Gasteiger partial charge is 0.336 e. The molecule has 0 aliphatic rings. The zero-order valence-electron chi connectivity index (χ0n) is 10.8. The first-order valence-electron chi connectivity index (χ1n) is 5.97. The van der Waals surface area contributed by atoms with Gasteiger partial charge in [0, 0.05) is 6.07 Å². The first-order valence-corrected chi connectivity index (χ1v) is 5.97. The standard InChI is InChI=1S/C15H11NO5/c17-12-6-3-5-10(8-12)13(15(18)19)9-11-4-1-2-7-14(11)16(20)21/h1-9,17H,(H,18,19)/b13-9-. The Kier molecular flexibility index (Phi) is 3.99. The molecule has 2 N–H and O–H groups in total. The van der Waals surface area contributed by atoms with Crippen LogP contribution < -0.4 is 0 Å². The van der Waals surface area contributed by atoms with Crippen LogP contribution in [0.25, 0.3) is 11.6 Å². The number of hydrogen-bond acceptors (Lipinski definition) is 4. The number of nitrogens with zero attached hydrogens (tertiary/aromatic N) is 1. The van der Waals surface area contributed by atoms with E-state index in [0.29, 0.717) is 0 Å². The van der Waals surface area contributed by atoms with Crippen LogP contribution in [0.3, 0.4) is 0 Å². The van der Waals surface area contributed by atoms with E-state index >= 15 is 0 Å². The first kappa shape index (κ1) is 14.3. The Labute approximate surface area is 119 Å². The van der Waals surface area contributed by atoms with Crippen molar-refractivity contribution in [2.24, 2.45) is 0 Å². The molecule has 2 aromatic carbocycles. The molecule has 0 amide bonds. The van der Waals surface area contributed by atoms with Crippen LogP contribution in [-0.2, 0) is 4.79 Å². The van der Waals surface area contributed by atoms with Crippen molar-refractivity contribution in [2.75, 3.05) is 0 Å². The molecule has 0 bridgehead atoms. The summed E-state index contributed by atoms with van der Waals surface area (Å²) in [5.74, 6) is -1.32. The number of nitro benzene ring substituents is 1. The van der Waals surface area contributed by atoms with E-state index in [9.17, 15) is 25.1 Å². The van der Waals surface area contributed by atoms with E-state index in [1.165, 1.54) is 48.5 Å². The summed E-state index contributed by atoms with van der Waals surface area (Å²) in [4.78, 5) is 21.8. The summed E-state index contributed by atoms with van der Waals surface area (Å²) in [6.07, 6.45) is 1.22. The number of phenolic OH excluding ortho intramolecular Hbond substituents is 1. The highest BCUT2D eigenvalue weighted by Gasteiger charge is 2.16. The molecule has 0 heterocycles. The molecule has 2 aromatic rings.